The van der Waals surface area contributed by atoms with Crippen LogP contribution in [0.15, 0.2) is 18.2 Å². The smallest absolute Gasteiger partial charge is 0.322 e. The van der Waals surface area contributed by atoms with Gasteiger partial charge in [0.25, 0.3) is 5.91 Å². The number of amides is 2. The zero-order chi connectivity index (χ0) is 23.5. The van der Waals surface area contributed by atoms with Crippen LogP contribution >= 0.6 is 0 Å². The number of nitrogens with zero attached hydrogens (tertiary/aromatic N) is 2. The second-order valence-corrected chi connectivity index (χ2v) is 9.55. The van der Waals surface area contributed by atoms with Crippen LogP contribution in [0.25, 0.3) is 10.9 Å². The zero-order valence-electron chi connectivity index (χ0n) is 18.8. The number of benzene rings is 1. The predicted molar refractivity (Wildman–Crippen MR) is 118 cm³/mol. The van der Waals surface area contributed by atoms with Gasteiger partial charge in [0.2, 0.25) is 5.91 Å². The van der Waals surface area contributed by atoms with Crippen molar-refractivity contribution in [2.45, 2.75) is 65.5 Å². The number of carboxylic acids is 1. The molecule has 1 heterocycles. The van der Waals surface area contributed by atoms with Crippen LogP contribution < -0.4 is 10.6 Å². The molecule has 1 atom stereocenters. The van der Waals surface area contributed by atoms with Crippen LogP contribution in [0.5, 0.6) is 0 Å². The fourth-order valence-electron chi connectivity index (χ4n) is 4.25. The van der Waals surface area contributed by atoms with Crippen molar-refractivity contribution in [1.82, 2.24) is 20.4 Å². The Hall–Kier alpha value is -2.97. The Labute approximate surface area is 186 Å². The SMILES string of the molecule is CC(C)(C)[C@H](NC(=O)c1nn(CC2CCCCC2)c2c(F)cccc12)C(=O)NCC(=O)O. The molecule has 2 aromatic rings. The first kappa shape index (κ1) is 23.7. The molecule has 1 aromatic carbocycles. The lowest BCUT2D eigenvalue weighted by atomic mass is 9.86. The molecule has 1 aromatic heterocycles. The second-order valence-electron chi connectivity index (χ2n) is 9.55. The van der Waals surface area contributed by atoms with E-state index in [-0.39, 0.29) is 11.2 Å². The monoisotopic (exact) mass is 446 g/mol. The first-order chi connectivity index (χ1) is 15.1. The molecule has 1 fully saturated rings. The van der Waals surface area contributed by atoms with Gasteiger partial charge in [-0.15, -0.1) is 0 Å². The van der Waals surface area contributed by atoms with Crippen LogP contribution in [0.3, 0.4) is 0 Å². The van der Waals surface area contributed by atoms with Gasteiger partial charge >= 0.3 is 5.97 Å². The summed E-state index contributed by atoms with van der Waals surface area (Å²) in [5.41, 5.74) is -0.356. The molecule has 8 nitrogen and oxygen atoms in total. The third kappa shape index (κ3) is 5.44. The number of halogens is 1. The fraction of sp³-hybridized carbons (Fsp3) is 0.565. The molecule has 0 saturated heterocycles. The van der Waals surface area contributed by atoms with Crippen molar-refractivity contribution in [3.8, 4) is 0 Å². The lowest BCUT2D eigenvalue weighted by molar-refractivity contribution is -0.138. The molecule has 1 aliphatic carbocycles. The predicted octanol–water partition coefficient (Wildman–Crippen LogP) is 3.10. The van der Waals surface area contributed by atoms with Gasteiger partial charge in [-0.3, -0.25) is 19.1 Å². The molecular formula is C23H31FN4O4. The van der Waals surface area contributed by atoms with E-state index in [1.54, 1.807) is 31.5 Å². The summed E-state index contributed by atoms with van der Waals surface area (Å²) >= 11 is 0. The number of hydrogen-bond donors (Lipinski definition) is 3. The van der Waals surface area contributed by atoms with Crippen LogP contribution in [-0.4, -0.2) is 45.3 Å². The Kier molecular flexibility index (Phi) is 7.16. The Morgan fingerprint density at radius 3 is 2.53 bits per heavy atom. The summed E-state index contributed by atoms with van der Waals surface area (Å²) in [7, 11) is 0. The highest BCUT2D eigenvalue weighted by atomic mass is 19.1. The molecule has 3 rings (SSSR count). The molecule has 32 heavy (non-hydrogen) atoms. The largest absolute Gasteiger partial charge is 0.480 e. The molecule has 2 amide bonds. The van der Waals surface area contributed by atoms with Crippen molar-refractivity contribution >= 4 is 28.7 Å². The molecule has 0 unspecified atom stereocenters. The van der Waals surface area contributed by atoms with Crippen molar-refractivity contribution in [2.75, 3.05) is 6.54 Å². The number of fused-ring (bicyclic) bond motifs is 1. The minimum Gasteiger partial charge on any atom is -0.480 e. The molecule has 0 spiro atoms. The van der Waals surface area contributed by atoms with Crippen LogP contribution in [0.1, 0.15) is 63.4 Å². The van der Waals surface area contributed by atoms with Gasteiger partial charge in [-0.25, -0.2) is 4.39 Å². The number of aliphatic carboxylic acids is 1. The summed E-state index contributed by atoms with van der Waals surface area (Å²) in [5, 5.41) is 18.7. The molecule has 9 heteroatoms. The number of carbonyl (C=O) groups excluding carboxylic acids is 2. The highest BCUT2D eigenvalue weighted by molar-refractivity contribution is 6.06. The fourth-order valence-corrected chi connectivity index (χ4v) is 4.25. The number of hydrogen-bond acceptors (Lipinski definition) is 4. The van der Waals surface area contributed by atoms with E-state index in [4.69, 9.17) is 5.11 Å². The van der Waals surface area contributed by atoms with E-state index in [1.165, 1.54) is 18.6 Å². The van der Waals surface area contributed by atoms with Gasteiger partial charge in [-0.05, 0) is 30.2 Å². The van der Waals surface area contributed by atoms with Gasteiger partial charge in [-0.2, -0.15) is 5.10 Å². The van der Waals surface area contributed by atoms with Crippen molar-refractivity contribution < 1.29 is 23.9 Å². The van der Waals surface area contributed by atoms with E-state index in [0.29, 0.717) is 17.8 Å². The summed E-state index contributed by atoms with van der Waals surface area (Å²) in [4.78, 5) is 36.6. The van der Waals surface area contributed by atoms with Gasteiger partial charge in [-0.1, -0.05) is 52.2 Å². The van der Waals surface area contributed by atoms with Crippen LogP contribution in [-0.2, 0) is 16.1 Å². The average molecular weight is 447 g/mol. The summed E-state index contributed by atoms with van der Waals surface area (Å²) in [6, 6.07) is 3.53. The van der Waals surface area contributed by atoms with Crippen molar-refractivity contribution in [3.63, 3.8) is 0 Å². The van der Waals surface area contributed by atoms with E-state index in [1.807, 2.05) is 0 Å². The summed E-state index contributed by atoms with van der Waals surface area (Å²) in [6.07, 6.45) is 5.58. The maximum absolute atomic E-state index is 14.7. The maximum Gasteiger partial charge on any atom is 0.322 e. The topological polar surface area (TPSA) is 113 Å². The molecule has 0 bridgehead atoms. The van der Waals surface area contributed by atoms with Crippen molar-refractivity contribution in [3.05, 3.63) is 29.7 Å². The van der Waals surface area contributed by atoms with E-state index in [2.05, 4.69) is 15.7 Å². The van der Waals surface area contributed by atoms with Gasteiger partial charge in [0.1, 0.15) is 23.9 Å². The Morgan fingerprint density at radius 1 is 1.22 bits per heavy atom. The molecule has 0 aliphatic heterocycles. The van der Waals surface area contributed by atoms with Gasteiger partial charge in [0.05, 0.1) is 0 Å². The zero-order valence-corrected chi connectivity index (χ0v) is 18.8. The highest BCUT2D eigenvalue weighted by Crippen LogP contribution is 2.29. The molecular weight excluding hydrogens is 415 g/mol. The number of rotatable bonds is 7. The van der Waals surface area contributed by atoms with E-state index < -0.39 is 41.6 Å². The minimum absolute atomic E-state index is 0.0515. The minimum atomic E-state index is -1.18. The quantitative estimate of drug-likeness (QED) is 0.605. The normalized spacial score (nSPS) is 16.0. The third-order valence-electron chi connectivity index (χ3n) is 5.91. The molecule has 3 N–H and O–H groups in total. The Morgan fingerprint density at radius 2 is 1.91 bits per heavy atom. The second kappa shape index (κ2) is 9.67. The summed E-state index contributed by atoms with van der Waals surface area (Å²) in [5.74, 6) is -2.46. The Bertz CT molecular complexity index is 1010. The van der Waals surface area contributed by atoms with E-state index >= 15 is 0 Å². The third-order valence-corrected chi connectivity index (χ3v) is 5.91. The average Bonchev–Trinajstić information content (AvgIpc) is 3.09. The van der Waals surface area contributed by atoms with Crippen molar-refractivity contribution in [1.29, 1.82) is 0 Å². The van der Waals surface area contributed by atoms with Gasteiger partial charge < -0.3 is 15.7 Å². The highest BCUT2D eigenvalue weighted by Gasteiger charge is 2.34. The lowest BCUT2D eigenvalue weighted by Crippen LogP contribution is -2.54. The first-order valence-electron chi connectivity index (χ1n) is 11.0. The van der Waals surface area contributed by atoms with E-state index in [9.17, 15) is 18.8 Å². The lowest BCUT2D eigenvalue weighted by Gasteiger charge is -2.30. The van der Waals surface area contributed by atoms with Gasteiger partial charge in [0, 0.05) is 11.9 Å². The maximum atomic E-state index is 14.7. The van der Waals surface area contributed by atoms with Crippen LogP contribution in [0.2, 0.25) is 0 Å². The molecule has 1 aliphatic rings. The number of aromatic nitrogens is 2. The van der Waals surface area contributed by atoms with Crippen LogP contribution in [0, 0.1) is 17.2 Å². The number of para-hydroxylation sites is 1. The standard InChI is InChI=1S/C23H31FN4O4/c1-23(2,3)20(22(32)25-12-17(29)30)26-21(31)18-15-10-7-11-16(24)19(15)28(27-18)13-14-8-5-4-6-9-14/h7,10-11,14,20H,4-6,8-9,12-13H2,1-3H3,(H,25,32)(H,26,31)(H,29,30)/t20-/m1/s1. The van der Waals surface area contributed by atoms with E-state index in [0.717, 1.165) is 25.7 Å². The summed E-state index contributed by atoms with van der Waals surface area (Å²) < 4.78 is 16.3. The van der Waals surface area contributed by atoms with Crippen LogP contribution in [0.4, 0.5) is 4.39 Å². The molecule has 174 valence electrons. The Balaban J connectivity index is 1.90. The number of nitrogens with one attached hydrogen (secondary N) is 2. The number of carboxylic acid groups (broad SMARTS) is 1. The van der Waals surface area contributed by atoms with Crippen molar-refractivity contribution in [2.24, 2.45) is 11.3 Å². The number of carbonyl (C=O) groups is 3. The summed E-state index contributed by atoms with van der Waals surface area (Å²) in [6.45, 7) is 5.27. The molecule has 1 saturated carbocycles. The van der Waals surface area contributed by atoms with Gasteiger partial charge in [0.15, 0.2) is 5.69 Å². The molecule has 0 radical (unpaired) electrons. The first-order valence-corrected chi connectivity index (χ1v) is 11.0.